The Morgan fingerprint density at radius 2 is 2.06 bits per heavy atom. The lowest BCUT2D eigenvalue weighted by Gasteiger charge is -2.03. The summed E-state index contributed by atoms with van der Waals surface area (Å²) in [6, 6.07) is 10.1. The van der Waals surface area contributed by atoms with Crippen LogP contribution < -0.4 is 5.32 Å². The van der Waals surface area contributed by atoms with Gasteiger partial charge in [0.2, 0.25) is 5.89 Å². The molecule has 0 saturated heterocycles. The molecule has 0 spiro atoms. The monoisotopic (exact) mass is 243 g/mol. The summed E-state index contributed by atoms with van der Waals surface area (Å²) < 4.78 is 5.27. The molecule has 18 heavy (non-hydrogen) atoms. The molecular formula is C14H17N3O. The maximum absolute atomic E-state index is 5.27. The predicted molar refractivity (Wildman–Crippen MR) is 69.5 cm³/mol. The van der Waals surface area contributed by atoms with E-state index in [1.165, 1.54) is 12.8 Å². The van der Waals surface area contributed by atoms with Gasteiger partial charge in [0, 0.05) is 24.1 Å². The molecule has 1 aliphatic carbocycles. The summed E-state index contributed by atoms with van der Waals surface area (Å²) in [6.45, 7) is 2.99. The Hall–Kier alpha value is -1.84. The van der Waals surface area contributed by atoms with Gasteiger partial charge in [0.1, 0.15) is 0 Å². The summed E-state index contributed by atoms with van der Waals surface area (Å²) >= 11 is 0. The van der Waals surface area contributed by atoms with Gasteiger partial charge in [-0.25, -0.2) is 0 Å². The minimum Gasteiger partial charge on any atom is -0.385 e. The SMILES string of the molecule is CC1(c2noc(CCNc3ccccc3)n2)CC1. The van der Waals surface area contributed by atoms with E-state index >= 15 is 0 Å². The Kier molecular flexibility index (Phi) is 2.78. The molecule has 1 N–H and O–H groups in total. The third kappa shape index (κ3) is 2.37. The Bertz CT molecular complexity index is 517. The van der Waals surface area contributed by atoms with Crippen molar-refractivity contribution in [2.45, 2.75) is 31.6 Å². The van der Waals surface area contributed by atoms with Crippen molar-refractivity contribution in [1.29, 1.82) is 0 Å². The minimum absolute atomic E-state index is 0.189. The second-order valence-corrected chi connectivity index (χ2v) is 5.12. The van der Waals surface area contributed by atoms with Crippen LogP contribution in [-0.2, 0) is 11.8 Å². The van der Waals surface area contributed by atoms with E-state index in [4.69, 9.17) is 4.52 Å². The molecule has 4 heteroatoms. The van der Waals surface area contributed by atoms with Crippen LogP contribution in [0.4, 0.5) is 5.69 Å². The average molecular weight is 243 g/mol. The molecule has 0 amide bonds. The van der Waals surface area contributed by atoms with E-state index in [-0.39, 0.29) is 5.41 Å². The summed E-state index contributed by atoms with van der Waals surface area (Å²) in [7, 11) is 0. The topological polar surface area (TPSA) is 51.0 Å². The first kappa shape index (κ1) is 11.3. The lowest BCUT2D eigenvalue weighted by atomic mass is 10.1. The number of nitrogens with zero attached hydrogens (tertiary/aromatic N) is 2. The molecule has 0 aliphatic heterocycles. The number of nitrogens with one attached hydrogen (secondary N) is 1. The molecule has 94 valence electrons. The van der Waals surface area contributed by atoms with E-state index in [1.54, 1.807) is 0 Å². The molecule has 1 aromatic carbocycles. The number of benzene rings is 1. The van der Waals surface area contributed by atoms with Crippen LogP contribution in [-0.4, -0.2) is 16.7 Å². The Morgan fingerprint density at radius 3 is 2.78 bits per heavy atom. The summed E-state index contributed by atoms with van der Waals surface area (Å²) in [4.78, 5) is 4.46. The van der Waals surface area contributed by atoms with Crippen LogP contribution in [0.25, 0.3) is 0 Å². The van der Waals surface area contributed by atoms with E-state index in [0.717, 1.165) is 30.4 Å². The lowest BCUT2D eigenvalue weighted by molar-refractivity contribution is 0.371. The van der Waals surface area contributed by atoms with Crippen LogP contribution in [0, 0.1) is 0 Å². The van der Waals surface area contributed by atoms with Crippen molar-refractivity contribution in [3.05, 3.63) is 42.0 Å². The zero-order valence-corrected chi connectivity index (χ0v) is 10.5. The van der Waals surface area contributed by atoms with Crippen LogP contribution in [0.1, 0.15) is 31.5 Å². The van der Waals surface area contributed by atoms with Gasteiger partial charge in [0.15, 0.2) is 5.82 Å². The highest BCUT2D eigenvalue weighted by atomic mass is 16.5. The van der Waals surface area contributed by atoms with Crippen LogP contribution in [0.3, 0.4) is 0 Å². The van der Waals surface area contributed by atoms with Crippen molar-refractivity contribution in [2.75, 3.05) is 11.9 Å². The van der Waals surface area contributed by atoms with Gasteiger partial charge in [-0.1, -0.05) is 30.3 Å². The van der Waals surface area contributed by atoms with E-state index in [9.17, 15) is 0 Å². The Morgan fingerprint density at radius 1 is 1.28 bits per heavy atom. The minimum atomic E-state index is 0.189. The van der Waals surface area contributed by atoms with Crippen molar-refractivity contribution < 1.29 is 4.52 Å². The molecule has 1 heterocycles. The molecule has 1 aliphatic rings. The standard InChI is InChI=1S/C14H17N3O/c1-14(8-9-14)13-16-12(18-17-13)7-10-15-11-5-3-2-4-6-11/h2-6,15H,7-10H2,1H3. The molecule has 0 bridgehead atoms. The molecule has 1 saturated carbocycles. The third-order valence-electron chi connectivity index (χ3n) is 3.45. The van der Waals surface area contributed by atoms with E-state index in [2.05, 4.69) is 22.4 Å². The highest BCUT2D eigenvalue weighted by Crippen LogP contribution is 2.45. The van der Waals surface area contributed by atoms with Gasteiger partial charge in [-0.15, -0.1) is 0 Å². The van der Waals surface area contributed by atoms with E-state index < -0.39 is 0 Å². The first-order chi connectivity index (χ1) is 8.76. The number of hydrogen-bond donors (Lipinski definition) is 1. The molecule has 0 atom stereocenters. The van der Waals surface area contributed by atoms with Crippen molar-refractivity contribution in [3.63, 3.8) is 0 Å². The van der Waals surface area contributed by atoms with E-state index in [0.29, 0.717) is 0 Å². The molecule has 1 fully saturated rings. The molecule has 2 aromatic rings. The molecule has 1 aromatic heterocycles. The first-order valence-electron chi connectivity index (χ1n) is 6.38. The predicted octanol–water partition coefficient (Wildman–Crippen LogP) is 2.78. The molecule has 3 rings (SSSR count). The second kappa shape index (κ2) is 4.44. The zero-order chi connectivity index (χ0) is 12.4. The number of rotatable bonds is 5. The van der Waals surface area contributed by atoms with Gasteiger partial charge in [0.05, 0.1) is 0 Å². The van der Waals surface area contributed by atoms with Crippen LogP contribution in [0.5, 0.6) is 0 Å². The molecular weight excluding hydrogens is 226 g/mol. The van der Waals surface area contributed by atoms with E-state index in [1.807, 2.05) is 30.3 Å². The van der Waals surface area contributed by atoms with Crippen molar-refractivity contribution in [1.82, 2.24) is 10.1 Å². The number of anilines is 1. The summed E-state index contributed by atoms with van der Waals surface area (Å²) in [5.41, 5.74) is 1.31. The Labute approximate surface area is 106 Å². The summed E-state index contributed by atoms with van der Waals surface area (Å²) in [5.74, 6) is 1.60. The largest absolute Gasteiger partial charge is 0.385 e. The van der Waals surface area contributed by atoms with Gasteiger partial charge >= 0.3 is 0 Å². The zero-order valence-electron chi connectivity index (χ0n) is 10.5. The number of para-hydroxylation sites is 1. The number of aromatic nitrogens is 2. The maximum atomic E-state index is 5.27. The quantitative estimate of drug-likeness (QED) is 0.877. The van der Waals surface area contributed by atoms with Crippen molar-refractivity contribution in [2.24, 2.45) is 0 Å². The fraction of sp³-hybridized carbons (Fsp3) is 0.429. The smallest absolute Gasteiger partial charge is 0.228 e. The van der Waals surface area contributed by atoms with Crippen molar-refractivity contribution in [3.8, 4) is 0 Å². The van der Waals surface area contributed by atoms with Gasteiger partial charge < -0.3 is 9.84 Å². The fourth-order valence-corrected chi connectivity index (χ4v) is 1.88. The highest BCUT2D eigenvalue weighted by Gasteiger charge is 2.43. The second-order valence-electron chi connectivity index (χ2n) is 5.12. The van der Waals surface area contributed by atoms with Crippen LogP contribution in [0.15, 0.2) is 34.9 Å². The van der Waals surface area contributed by atoms with Gasteiger partial charge in [0.25, 0.3) is 0 Å². The molecule has 0 radical (unpaired) electrons. The normalized spacial score (nSPS) is 16.5. The maximum Gasteiger partial charge on any atom is 0.228 e. The highest BCUT2D eigenvalue weighted by molar-refractivity contribution is 5.42. The fourth-order valence-electron chi connectivity index (χ4n) is 1.88. The number of hydrogen-bond acceptors (Lipinski definition) is 4. The van der Waals surface area contributed by atoms with Gasteiger partial charge in [-0.2, -0.15) is 4.98 Å². The third-order valence-corrected chi connectivity index (χ3v) is 3.45. The summed E-state index contributed by atoms with van der Waals surface area (Å²) in [5, 5.41) is 7.39. The first-order valence-corrected chi connectivity index (χ1v) is 6.38. The van der Waals surface area contributed by atoms with Crippen LogP contribution >= 0.6 is 0 Å². The Balaban J connectivity index is 1.53. The molecule has 4 nitrogen and oxygen atoms in total. The van der Waals surface area contributed by atoms with Gasteiger partial charge in [-0.3, -0.25) is 0 Å². The lowest BCUT2D eigenvalue weighted by Crippen LogP contribution is -2.06. The van der Waals surface area contributed by atoms with Gasteiger partial charge in [-0.05, 0) is 25.0 Å². The average Bonchev–Trinajstić information content (AvgIpc) is 2.96. The van der Waals surface area contributed by atoms with Crippen LogP contribution in [0.2, 0.25) is 0 Å². The van der Waals surface area contributed by atoms with Crippen molar-refractivity contribution >= 4 is 5.69 Å². The molecule has 0 unspecified atom stereocenters. The summed E-state index contributed by atoms with van der Waals surface area (Å²) in [6.07, 6.45) is 3.11.